The van der Waals surface area contributed by atoms with Crippen LogP contribution in [0.25, 0.3) is 0 Å². The van der Waals surface area contributed by atoms with E-state index in [9.17, 15) is 8.42 Å². The summed E-state index contributed by atoms with van der Waals surface area (Å²) in [6, 6.07) is 5.53. The second-order valence-electron chi connectivity index (χ2n) is 5.38. The van der Waals surface area contributed by atoms with Gasteiger partial charge in [0.1, 0.15) is 0 Å². The highest BCUT2D eigenvalue weighted by Gasteiger charge is 2.29. The summed E-state index contributed by atoms with van der Waals surface area (Å²) < 4.78 is 26.8. The SMILES string of the molecule is Cc1ccc(S(=O)(=O)N2CCC[C@H](C)C2)c(C)c1. The van der Waals surface area contributed by atoms with Crippen LogP contribution in [0.3, 0.4) is 0 Å². The topological polar surface area (TPSA) is 37.4 Å². The standard InChI is InChI=1S/C14H21NO2S/c1-11-6-7-14(13(3)9-11)18(16,17)15-8-4-5-12(2)10-15/h6-7,9,12H,4-5,8,10H2,1-3H3/t12-/m0/s1. The first-order valence-corrected chi connectivity index (χ1v) is 7.92. The fourth-order valence-corrected chi connectivity index (χ4v) is 4.40. The molecule has 1 aromatic carbocycles. The Kier molecular flexibility index (Phi) is 3.78. The molecule has 0 spiro atoms. The maximum atomic E-state index is 12.6. The quantitative estimate of drug-likeness (QED) is 0.826. The molecule has 0 aliphatic carbocycles. The Morgan fingerprint density at radius 3 is 2.61 bits per heavy atom. The van der Waals surface area contributed by atoms with Gasteiger partial charge in [-0.1, -0.05) is 24.6 Å². The molecule has 0 aromatic heterocycles. The third-order valence-electron chi connectivity index (χ3n) is 3.57. The van der Waals surface area contributed by atoms with Crippen molar-refractivity contribution in [2.45, 2.75) is 38.5 Å². The lowest BCUT2D eigenvalue weighted by Gasteiger charge is -2.30. The minimum absolute atomic E-state index is 0.458. The summed E-state index contributed by atoms with van der Waals surface area (Å²) in [5.74, 6) is 0.458. The van der Waals surface area contributed by atoms with Gasteiger partial charge >= 0.3 is 0 Å². The zero-order valence-electron chi connectivity index (χ0n) is 11.3. The lowest BCUT2D eigenvalue weighted by atomic mass is 10.0. The molecule has 3 nitrogen and oxygen atoms in total. The fraction of sp³-hybridized carbons (Fsp3) is 0.571. The van der Waals surface area contributed by atoms with Gasteiger partial charge in [-0.2, -0.15) is 4.31 Å². The summed E-state index contributed by atoms with van der Waals surface area (Å²) in [5, 5.41) is 0. The number of aryl methyl sites for hydroxylation is 2. The Morgan fingerprint density at radius 1 is 1.28 bits per heavy atom. The number of nitrogens with zero attached hydrogens (tertiary/aromatic N) is 1. The molecule has 4 heteroatoms. The Hall–Kier alpha value is -0.870. The van der Waals surface area contributed by atoms with Crippen LogP contribution in [0.2, 0.25) is 0 Å². The predicted molar refractivity (Wildman–Crippen MR) is 73.1 cm³/mol. The van der Waals surface area contributed by atoms with E-state index in [0.29, 0.717) is 23.9 Å². The highest BCUT2D eigenvalue weighted by Crippen LogP contribution is 2.25. The van der Waals surface area contributed by atoms with Crippen LogP contribution in [0, 0.1) is 19.8 Å². The highest BCUT2D eigenvalue weighted by atomic mass is 32.2. The monoisotopic (exact) mass is 267 g/mol. The van der Waals surface area contributed by atoms with E-state index in [0.717, 1.165) is 24.0 Å². The van der Waals surface area contributed by atoms with Gasteiger partial charge in [-0.15, -0.1) is 0 Å². The Bertz CT molecular complexity index is 537. The average molecular weight is 267 g/mol. The smallest absolute Gasteiger partial charge is 0.207 e. The van der Waals surface area contributed by atoms with Gasteiger partial charge in [-0.3, -0.25) is 0 Å². The molecule has 0 amide bonds. The molecule has 2 rings (SSSR count). The van der Waals surface area contributed by atoms with Crippen molar-refractivity contribution in [2.75, 3.05) is 13.1 Å². The second kappa shape index (κ2) is 5.02. The van der Waals surface area contributed by atoms with Crippen LogP contribution >= 0.6 is 0 Å². The number of sulfonamides is 1. The minimum Gasteiger partial charge on any atom is -0.207 e. The summed E-state index contributed by atoms with van der Waals surface area (Å²) in [4.78, 5) is 0.460. The number of piperidine rings is 1. The van der Waals surface area contributed by atoms with E-state index in [1.807, 2.05) is 26.0 Å². The minimum atomic E-state index is -3.31. The average Bonchev–Trinajstić information content (AvgIpc) is 2.28. The van der Waals surface area contributed by atoms with Crippen LogP contribution in [-0.2, 0) is 10.0 Å². The van der Waals surface area contributed by atoms with Crippen LogP contribution in [0.4, 0.5) is 0 Å². The van der Waals surface area contributed by atoms with Crippen molar-refractivity contribution in [3.63, 3.8) is 0 Å². The zero-order valence-corrected chi connectivity index (χ0v) is 12.1. The van der Waals surface area contributed by atoms with Crippen molar-refractivity contribution >= 4 is 10.0 Å². The predicted octanol–water partition coefficient (Wildman–Crippen LogP) is 2.72. The van der Waals surface area contributed by atoms with Gasteiger partial charge in [-0.25, -0.2) is 8.42 Å². The van der Waals surface area contributed by atoms with Crippen molar-refractivity contribution in [1.29, 1.82) is 0 Å². The van der Waals surface area contributed by atoms with Gasteiger partial charge in [0.15, 0.2) is 0 Å². The molecule has 100 valence electrons. The van der Waals surface area contributed by atoms with Crippen LogP contribution in [0.15, 0.2) is 23.1 Å². The molecule has 0 radical (unpaired) electrons. The number of rotatable bonds is 2. The van der Waals surface area contributed by atoms with Crippen molar-refractivity contribution in [2.24, 2.45) is 5.92 Å². The van der Waals surface area contributed by atoms with Crippen LogP contribution in [-0.4, -0.2) is 25.8 Å². The molecule has 1 aliphatic rings. The normalized spacial score (nSPS) is 22.1. The van der Waals surface area contributed by atoms with Gasteiger partial charge in [-0.05, 0) is 44.2 Å². The molecule has 1 saturated heterocycles. The largest absolute Gasteiger partial charge is 0.243 e. The summed E-state index contributed by atoms with van der Waals surface area (Å²) in [6.07, 6.45) is 2.09. The van der Waals surface area contributed by atoms with Crippen molar-refractivity contribution in [3.05, 3.63) is 29.3 Å². The molecule has 0 N–H and O–H groups in total. The Labute approximate surface area is 110 Å². The molecular weight excluding hydrogens is 246 g/mol. The first kappa shape index (κ1) is 13.6. The molecule has 1 atom stereocenters. The molecule has 1 aromatic rings. The van der Waals surface area contributed by atoms with Crippen molar-refractivity contribution in [1.82, 2.24) is 4.31 Å². The van der Waals surface area contributed by atoms with Crippen LogP contribution < -0.4 is 0 Å². The maximum Gasteiger partial charge on any atom is 0.243 e. The molecule has 1 aliphatic heterocycles. The van der Waals surface area contributed by atoms with E-state index in [-0.39, 0.29) is 0 Å². The number of benzene rings is 1. The van der Waals surface area contributed by atoms with E-state index in [2.05, 4.69) is 6.92 Å². The fourth-order valence-electron chi connectivity index (χ4n) is 2.59. The van der Waals surface area contributed by atoms with Crippen LogP contribution in [0.5, 0.6) is 0 Å². The van der Waals surface area contributed by atoms with Crippen LogP contribution in [0.1, 0.15) is 30.9 Å². The Balaban J connectivity index is 2.35. The number of hydrogen-bond acceptors (Lipinski definition) is 2. The Morgan fingerprint density at radius 2 is 2.00 bits per heavy atom. The summed E-state index contributed by atoms with van der Waals surface area (Å²) >= 11 is 0. The summed E-state index contributed by atoms with van der Waals surface area (Å²) in [7, 11) is -3.31. The van der Waals surface area contributed by atoms with E-state index < -0.39 is 10.0 Å². The summed E-state index contributed by atoms with van der Waals surface area (Å²) in [6.45, 7) is 7.26. The third kappa shape index (κ3) is 2.59. The second-order valence-corrected chi connectivity index (χ2v) is 7.29. The van der Waals surface area contributed by atoms with Crippen molar-refractivity contribution < 1.29 is 8.42 Å². The maximum absolute atomic E-state index is 12.6. The first-order chi connectivity index (χ1) is 8.41. The zero-order chi connectivity index (χ0) is 13.3. The van der Waals surface area contributed by atoms with Gasteiger partial charge in [0.05, 0.1) is 4.90 Å². The van der Waals surface area contributed by atoms with E-state index in [4.69, 9.17) is 0 Å². The molecule has 1 heterocycles. The van der Waals surface area contributed by atoms with Crippen molar-refractivity contribution in [3.8, 4) is 0 Å². The first-order valence-electron chi connectivity index (χ1n) is 6.48. The lowest BCUT2D eigenvalue weighted by Crippen LogP contribution is -2.39. The van der Waals surface area contributed by atoms with Gasteiger partial charge in [0, 0.05) is 13.1 Å². The lowest BCUT2D eigenvalue weighted by molar-refractivity contribution is 0.281. The van der Waals surface area contributed by atoms with Gasteiger partial charge in [0.2, 0.25) is 10.0 Å². The van der Waals surface area contributed by atoms with Gasteiger partial charge in [0.25, 0.3) is 0 Å². The van der Waals surface area contributed by atoms with E-state index >= 15 is 0 Å². The van der Waals surface area contributed by atoms with Gasteiger partial charge < -0.3 is 0 Å². The van der Waals surface area contributed by atoms with E-state index in [1.165, 1.54) is 0 Å². The molecular formula is C14H21NO2S. The number of hydrogen-bond donors (Lipinski definition) is 0. The summed E-state index contributed by atoms with van der Waals surface area (Å²) in [5.41, 5.74) is 1.94. The third-order valence-corrected chi connectivity index (χ3v) is 5.59. The molecule has 18 heavy (non-hydrogen) atoms. The molecule has 0 saturated carbocycles. The molecule has 0 bridgehead atoms. The molecule has 0 unspecified atom stereocenters. The highest BCUT2D eigenvalue weighted by molar-refractivity contribution is 7.89. The molecule has 1 fully saturated rings. The van der Waals surface area contributed by atoms with E-state index in [1.54, 1.807) is 10.4 Å².